The number of methoxy groups -OCH3 is 1. The molecule has 0 aliphatic heterocycles. The fourth-order valence-corrected chi connectivity index (χ4v) is 1.61. The Morgan fingerprint density at radius 3 is 2.44 bits per heavy atom. The minimum Gasteiger partial charge on any atom is -0.481 e. The lowest BCUT2D eigenvalue weighted by Crippen LogP contribution is -1.95. The van der Waals surface area contributed by atoms with E-state index in [-0.39, 0.29) is 0 Å². The zero-order chi connectivity index (χ0) is 11.7. The Morgan fingerprint density at radius 1 is 1.25 bits per heavy atom. The highest BCUT2D eigenvalue weighted by Crippen LogP contribution is 2.21. The maximum Gasteiger partial charge on any atom is 0.212 e. The van der Waals surface area contributed by atoms with Crippen LogP contribution >= 0.6 is 0 Å². The van der Waals surface area contributed by atoms with Crippen LogP contribution in [-0.4, -0.2) is 21.6 Å². The summed E-state index contributed by atoms with van der Waals surface area (Å²) >= 11 is 0. The highest BCUT2D eigenvalue weighted by atomic mass is 16.5. The van der Waals surface area contributed by atoms with Crippen molar-refractivity contribution in [3.05, 3.63) is 29.7 Å². The fourth-order valence-electron chi connectivity index (χ4n) is 1.61. The Hall–Kier alpha value is -1.84. The second kappa shape index (κ2) is 3.96. The van der Waals surface area contributed by atoms with Gasteiger partial charge in [0.2, 0.25) is 5.88 Å². The van der Waals surface area contributed by atoms with Crippen molar-refractivity contribution in [2.75, 3.05) is 7.11 Å². The molecule has 0 amide bonds. The Balaban J connectivity index is 2.46. The Labute approximate surface area is 94.9 Å². The largest absolute Gasteiger partial charge is 0.481 e. The summed E-state index contributed by atoms with van der Waals surface area (Å²) in [6, 6.07) is 3.81. The number of aromatic nitrogens is 3. The average Bonchev–Trinajstić information content (AvgIpc) is 2.57. The molecule has 4 heteroatoms. The van der Waals surface area contributed by atoms with Gasteiger partial charge in [-0.15, -0.1) is 0 Å². The maximum absolute atomic E-state index is 5.03. The highest BCUT2D eigenvalue weighted by Gasteiger charge is 2.09. The zero-order valence-electron chi connectivity index (χ0n) is 9.98. The molecule has 0 radical (unpaired) electrons. The van der Waals surface area contributed by atoms with Gasteiger partial charge >= 0.3 is 0 Å². The molecule has 0 spiro atoms. The van der Waals surface area contributed by atoms with E-state index in [0.29, 0.717) is 5.88 Å². The van der Waals surface area contributed by atoms with Crippen molar-refractivity contribution < 1.29 is 4.74 Å². The molecule has 0 saturated heterocycles. The number of aryl methyl sites for hydroxylation is 1. The molecular formula is C12H15N3O. The van der Waals surface area contributed by atoms with Crippen LogP contribution in [0.3, 0.4) is 0 Å². The summed E-state index contributed by atoms with van der Waals surface area (Å²) in [6.07, 6.45) is 1.78. The molecule has 0 atom stereocenters. The first-order chi connectivity index (χ1) is 7.63. The Bertz CT molecular complexity index is 500. The van der Waals surface area contributed by atoms with E-state index in [1.807, 2.05) is 26.1 Å². The standard InChI is InChI=1S/C12H15N3O/c1-8-9(2)15(3)12(14-8)10-5-6-11(16-4)13-7-10/h5-7H,1-4H3. The van der Waals surface area contributed by atoms with Crippen LogP contribution in [0.25, 0.3) is 11.4 Å². The first kappa shape index (κ1) is 10.7. The van der Waals surface area contributed by atoms with Gasteiger partial charge in [-0.2, -0.15) is 0 Å². The van der Waals surface area contributed by atoms with E-state index in [1.54, 1.807) is 13.3 Å². The Kier molecular flexibility index (Phi) is 2.64. The van der Waals surface area contributed by atoms with E-state index in [0.717, 1.165) is 17.1 Å². The molecular weight excluding hydrogens is 202 g/mol. The number of hydrogen-bond donors (Lipinski definition) is 0. The van der Waals surface area contributed by atoms with Crippen LogP contribution in [0.1, 0.15) is 11.4 Å². The van der Waals surface area contributed by atoms with E-state index >= 15 is 0 Å². The molecule has 84 valence electrons. The molecule has 0 aromatic carbocycles. The van der Waals surface area contributed by atoms with Crippen molar-refractivity contribution in [1.29, 1.82) is 0 Å². The monoisotopic (exact) mass is 217 g/mol. The molecule has 0 N–H and O–H groups in total. The van der Waals surface area contributed by atoms with Crippen LogP contribution in [0.5, 0.6) is 5.88 Å². The number of imidazole rings is 1. The average molecular weight is 217 g/mol. The van der Waals surface area contributed by atoms with Crippen molar-refractivity contribution in [2.45, 2.75) is 13.8 Å². The highest BCUT2D eigenvalue weighted by molar-refractivity contribution is 5.56. The van der Waals surface area contributed by atoms with Gasteiger partial charge in [0.05, 0.1) is 12.8 Å². The number of hydrogen-bond acceptors (Lipinski definition) is 3. The number of rotatable bonds is 2. The minimum atomic E-state index is 0.617. The van der Waals surface area contributed by atoms with E-state index in [1.165, 1.54) is 5.69 Å². The van der Waals surface area contributed by atoms with Crippen molar-refractivity contribution >= 4 is 0 Å². The molecule has 0 saturated carbocycles. The molecule has 2 rings (SSSR count). The molecule has 0 bridgehead atoms. The van der Waals surface area contributed by atoms with Crippen LogP contribution in [0, 0.1) is 13.8 Å². The van der Waals surface area contributed by atoms with Crippen LogP contribution in [-0.2, 0) is 7.05 Å². The molecule has 2 aromatic rings. The first-order valence-electron chi connectivity index (χ1n) is 5.14. The van der Waals surface area contributed by atoms with Crippen molar-refractivity contribution in [3.8, 4) is 17.3 Å². The van der Waals surface area contributed by atoms with Gasteiger partial charge in [-0.3, -0.25) is 0 Å². The number of ether oxygens (including phenoxy) is 1. The zero-order valence-corrected chi connectivity index (χ0v) is 9.98. The Morgan fingerprint density at radius 2 is 2.00 bits per heavy atom. The summed E-state index contributed by atoms with van der Waals surface area (Å²) in [7, 11) is 3.62. The summed E-state index contributed by atoms with van der Waals surface area (Å²) in [4.78, 5) is 8.70. The fraction of sp³-hybridized carbons (Fsp3) is 0.333. The van der Waals surface area contributed by atoms with Gasteiger partial charge in [0, 0.05) is 30.6 Å². The van der Waals surface area contributed by atoms with Gasteiger partial charge in [0.15, 0.2) is 0 Å². The van der Waals surface area contributed by atoms with Gasteiger partial charge in [-0.1, -0.05) is 0 Å². The molecule has 0 aliphatic carbocycles. The van der Waals surface area contributed by atoms with Crippen LogP contribution in [0.4, 0.5) is 0 Å². The first-order valence-corrected chi connectivity index (χ1v) is 5.14. The van der Waals surface area contributed by atoms with Crippen LogP contribution in [0.15, 0.2) is 18.3 Å². The predicted octanol–water partition coefficient (Wildman–Crippen LogP) is 2.11. The summed E-state index contributed by atoms with van der Waals surface area (Å²) in [5, 5.41) is 0. The second-order valence-corrected chi connectivity index (χ2v) is 3.75. The molecule has 4 nitrogen and oxygen atoms in total. The van der Waals surface area contributed by atoms with E-state index < -0.39 is 0 Å². The second-order valence-electron chi connectivity index (χ2n) is 3.75. The molecule has 0 fully saturated rings. The van der Waals surface area contributed by atoms with Gasteiger partial charge < -0.3 is 9.30 Å². The summed E-state index contributed by atoms with van der Waals surface area (Å²) < 4.78 is 7.09. The molecule has 0 aliphatic rings. The molecule has 2 aromatic heterocycles. The lowest BCUT2D eigenvalue weighted by Gasteiger charge is -2.03. The van der Waals surface area contributed by atoms with Crippen LogP contribution in [0.2, 0.25) is 0 Å². The lowest BCUT2D eigenvalue weighted by molar-refractivity contribution is 0.398. The SMILES string of the molecule is COc1ccc(-c2nc(C)c(C)n2C)cn1. The quantitative estimate of drug-likeness (QED) is 0.773. The summed E-state index contributed by atoms with van der Waals surface area (Å²) in [5.74, 6) is 1.55. The van der Waals surface area contributed by atoms with Crippen LogP contribution < -0.4 is 4.74 Å². The van der Waals surface area contributed by atoms with Gasteiger partial charge in [-0.25, -0.2) is 9.97 Å². The lowest BCUT2D eigenvalue weighted by atomic mass is 10.2. The summed E-state index contributed by atoms with van der Waals surface area (Å²) in [6.45, 7) is 4.07. The topological polar surface area (TPSA) is 39.9 Å². The smallest absolute Gasteiger partial charge is 0.212 e. The molecule has 2 heterocycles. The van der Waals surface area contributed by atoms with E-state index in [2.05, 4.69) is 21.5 Å². The van der Waals surface area contributed by atoms with E-state index in [4.69, 9.17) is 4.74 Å². The third kappa shape index (κ3) is 1.66. The van der Waals surface area contributed by atoms with Gasteiger partial charge in [0.25, 0.3) is 0 Å². The van der Waals surface area contributed by atoms with Gasteiger partial charge in [-0.05, 0) is 19.9 Å². The summed E-state index contributed by atoms with van der Waals surface area (Å²) in [5.41, 5.74) is 3.22. The third-order valence-electron chi connectivity index (χ3n) is 2.82. The third-order valence-corrected chi connectivity index (χ3v) is 2.82. The molecule has 16 heavy (non-hydrogen) atoms. The predicted molar refractivity (Wildman–Crippen MR) is 62.5 cm³/mol. The normalized spacial score (nSPS) is 10.5. The van der Waals surface area contributed by atoms with Crippen molar-refractivity contribution in [1.82, 2.24) is 14.5 Å². The van der Waals surface area contributed by atoms with Crippen molar-refractivity contribution in [2.24, 2.45) is 7.05 Å². The van der Waals surface area contributed by atoms with Crippen molar-refractivity contribution in [3.63, 3.8) is 0 Å². The number of pyridine rings is 1. The molecule has 0 unspecified atom stereocenters. The van der Waals surface area contributed by atoms with Gasteiger partial charge in [0.1, 0.15) is 5.82 Å². The number of nitrogens with zero attached hydrogens (tertiary/aromatic N) is 3. The minimum absolute atomic E-state index is 0.617. The van der Waals surface area contributed by atoms with E-state index in [9.17, 15) is 0 Å². The maximum atomic E-state index is 5.03.